The minimum absolute atomic E-state index is 0. The molecule has 1 heterocycles. The van der Waals surface area contributed by atoms with Crippen LogP contribution >= 0.6 is 24.8 Å². The zero-order valence-electron chi connectivity index (χ0n) is 16.1. The van der Waals surface area contributed by atoms with Crippen LogP contribution in [0.25, 0.3) is 22.4 Å². The lowest BCUT2D eigenvalue weighted by molar-refractivity contribution is -0.125. The average molecular weight is 438 g/mol. The Balaban J connectivity index is 0.00000210. The lowest BCUT2D eigenvalue weighted by Crippen LogP contribution is -2.46. The second kappa shape index (κ2) is 10.8. The first-order valence-electron chi connectivity index (χ1n) is 8.82. The van der Waals surface area contributed by atoms with E-state index in [1.54, 1.807) is 12.1 Å². The smallest absolute Gasteiger partial charge is 0.243 e. The molecule has 3 aromatic rings. The number of carbonyl (C=O) groups is 2. The molecule has 0 unspecified atom stereocenters. The highest BCUT2D eigenvalue weighted by Gasteiger charge is 2.17. The predicted octanol–water partition coefficient (Wildman–Crippen LogP) is 3.11. The number of aromatic amines is 1. The molecule has 0 saturated carbocycles. The van der Waals surface area contributed by atoms with Crippen molar-refractivity contribution >= 4 is 53.3 Å². The third kappa shape index (κ3) is 6.19. The summed E-state index contributed by atoms with van der Waals surface area (Å²) in [5, 5.41) is 5.29. The molecule has 3 rings (SSSR count). The number of anilines is 1. The lowest BCUT2D eigenvalue weighted by atomic mass is 10.1. The van der Waals surface area contributed by atoms with Crippen molar-refractivity contribution in [3.05, 3.63) is 48.5 Å². The van der Waals surface area contributed by atoms with Crippen LogP contribution in [0.15, 0.2) is 48.5 Å². The van der Waals surface area contributed by atoms with Crippen LogP contribution in [0, 0.1) is 5.92 Å². The van der Waals surface area contributed by atoms with Gasteiger partial charge in [0.1, 0.15) is 5.82 Å². The summed E-state index contributed by atoms with van der Waals surface area (Å²) in [4.78, 5) is 31.6. The van der Waals surface area contributed by atoms with Crippen LogP contribution in [-0.2, 0) is 9.59 Å². The van der Waals surface area contributed by atoms with Crippen molar-refractivity contribution in [2.75, 3.05) is 11.9 Å². The van der Waals surface area contributed by atoms with Gasteiger partial charge in [0.25, 0.3) is 0 Å². The number of hydrogen-bond acceptors (Lipinski definition) is 4. The number of nitrogens with two attached hydrogens (primary N) is 1. The molecule has 0 aliphatic carbocycles. The molecule has 0 bridgehead atoms. The number of aromatic nitrogens is 2. The van der Waals surface area contributed by atoms with Gasteiger partial charge in [0.15, 0.2) is 0 Å². The number of nitrogens with one attached hydrogen (secondary N) is 3. The molecule has 0 aliphatic heterocycles. The van der Waals surface area contributed by atoms with Crippen LogP contribution < -0.4 is 16.4 Å². The number of imidazole rings is 1. The number of benzene rings is 2. The molecule has 1 aromatic heterocycles. The van der Waals surface area contributed by atoms with Gasteiger partial charge in [-0.2, -0.15) is 0 Å². The molecule has 1 atom stereocenters. The van der Waals surface area contributed by atoms with Crippen LogP contribution in [-0.4, -0.2) is 34.4 Å². The number of fused-ring (bicyclic) bond motifs is 1. The van der Waals surface area contributed by atoms with E-state index in [9.17, 15) is 9.59 Å². The van der Waals surface area contributed by atoms with Gasteiger partial charge in [0.2, 0.25) is 11.8 Å². The van der Waals surface area contributed by atoms with Crippen LogP contribution in [0.1, 0.15) is 13.8 Å². The maximum Gasteiger partial charge on any atom is 0.243 e. The average Bonchev–Trinajstić information content (AvgIpc) is 3.10. The van der Waals surface area contributed by atoms with Gasteiger partial charge in [-0.05, 0) is 42.3 Å². The van der Waals surface area contributed by atoms with E-state index in [4.69, 9.17) is 5.73 Å². The molecule has 0 fully saturated rings. The number of para-hydroxylation sites is 2. The molecule has 2 aromatic carbocycles. The Morgan fingerprint density at radius 3 is 2.34 bits per heavy atom. The fourth-order valence-electron chi connectivity index (χ4n) is 2.59. The van der Waals surface area contributed by atoms with Gasteiger partial charge < -0.3 is 21.4 Å². The molecule has 0 saturated heterocycles. The highest BCUT2D eigenvalue weighted by atomic mass is 35.5. The molecule has 0 spiro atoms. The number of hydrogen-bond donors (Lipinski definition) is 4. The van der Waals surface area contributed by atoms with Gasteiger partial charge in [-0.25, -0.2) is 4.98 Å². The first kappa shape index (κ1) is 24.4. The van der Waals surface area contributed by atoms with Crippen molar-refractivity contribution in [1.29, 1.82) is 0 Å². The summed E-state index contributed by atoms with van der Waals surface area (Å²) < 4.78 is 0. The van der Waals surface area contributed by atoms with E-state index in [1.165, 1.54) is 0 Å². The Morgan fingerprint density at radius 2 is 1.72 bits per heavy atom. The predicted molar refractivity (Wildman–Crippen MR) is 120 cm³/mol. The van der Waals surface area contributed by atoms with Crippen molar-refractivity contribution in [3.63, 3.8) is 0 Å². The van der Waals surface area contributed by atoms with Crippen molar-refractivity contribution < 1.29 is 9.59 Å². The minimum Gasteiger partial charge on any atom is -0.346 e. The van der Waals surface area contributed by atoms with Gasteiger partial charge in [0.05, 0.1) is 23.6 Å². The topological polar surface area (TPSA) is 113 Å². The Labute approximate surface area is 181 Å². The fraction of sp³-hybridized carbons (Fsp3) is 0.250. The van der Waals surface area contributed by atoms with Gasteiger partial charge >= 0.3 is 0 Å². The molecule has 7 nitrogen and oxygen atoms in total. The summed E-state index contributed by atoms with van der Waals surface area (Å²) in [6.45, 7) is 3.59. The Hall–Kier alpha value is -2.61. The maximum atomic E-state index is 12.0. The highest BCUT2D eigenvalue weighted by molar-refractivity contribution is 5.95. The quantitative estimate of drug-likeness (QED) is 0.474. The van der Waals surface area contributed by atoms with E-state index in [0.717, 1.165) is 22.4 Å². The molecule has 0 radical (unpaired) electrons. The van der Waals surface area contributed by atoms with Crippen LogP contribution in [0.5, 0.6) is 0 Å². The van der Waals surface area contributed by atoms with Crippen molar-refractivity contribution in [2.45, 2.75) is 19.9 Å². The van der Waals surface area contributed by atoms with E-state index < -0.39 is 6.04 Å². The third-order valence-corrected chi connectivity index (χ3v) is 4.28. The Bertz CT molecular complexity index is 924. The molecule has 5 N–H and O–H groups in total. The van der Waals surface area contributed by atoms with E-state index in [0.29, 0.717) is 5.69 Å². The second-order valence-electron chi connectivity index (χ2n) is 6.72. The zero-order valence-corrected chi connectivity index (χ0v) is 17.8. The number of halogens is 2. The summed E-state index contributed by atoms with van der Waals surface area (Å²) in [6.07, 6.45) is 0. The largest absolute Gasteiger partial charge is 0.346 e. The van der Waals surface area contributed by atoms with Crippen molar-refractivity contribution in [2.24, 2.45) is 11.7 Å². The molecular weight excluding hydrogens is 413 g/mol. The standard InChI is InChI=1S/C20H23N5O2.2ClH/c1-12(2)18(21)20(27)22-11-17(26)23-14-9-7-13(8-10-14)19-24-15-5-3-4-6-16(15)25-19;;/h3-10,12,18H,11,21H2,1-2H3,(H,22,27)(H,23,26)(H,24,25);2*1H/t18-;;/m0../s1. The first-order valence-corrected chi connectivity index (χ1v) is 8.82. The van der Waals surface area contributed by atoms with Crippen LogP contribution in [0.3, 0.4) is 0 Å². The van der Waals surface area contributed by atoms with E-state index in [-0.39, 0.29) is 49.1 Å². The zero-order chi connectivity index (χ0) is 19.4. The van der Waals surface area contributed by atoms with Crippen molar-refractivity contribution in [3.8, 4) is 11.4 Å². The van der Waals surface area contributed by atoms with E-state index in [1.807, 2.05) is 50.2 Å². The number of H-pyrrole nitrogens is 1. The summed E-state index contributed by atoms with van der Waals surface area (Å²) in [5.41, 5.74) is 9.18. The lowest BCUT2D eigenvalue weighted by Gasteiger charge is -2.15. The SMILES string of the molecule is CC(C)[C@H](N)C(=O)NCC(=O)Nc1ccc(-c2nc3ccccc3[nH]2)cc1.Cl.Cl. The molecular formula is C20H25Cl2N5O2. The number of nitrogens with zero attached hydrogens (tertiary/aromatic N) is 1. The Kier molecular flexibility index (Phi) is 9.10. The van der Waals surface area contributed by atoms with Gasteiger partial charge in [0, 0.05) is 11.3 Å². The van der Waals surface area contributed by atoms with Gasteiger partial charge in [-0.1, -0.05) is 26.0 Å². The third-order valence-electron chi connectivity index (χ3n) is 4.28. The Morgan fingerprint density at radius 1 is 1.07 bits per heavy atom. The van der Waals surface area contributed by atoms with Crippen LogP contribution in [0.2, 0.25) is 0 Å². The van der Waals surface area contributed by atoms with Gasteiger partial charge in [-0.15, -0.1) is 24.8 Å². The maximum absolute atomic E-state index is 12.0. The van der Waals surface area contributed by atoms with E-state index in [2.05, 4.69) is 20.6 Å². The number of rotatable bonds is 6. The highest BCUT2D eigenvalue weighted by Crippen LogP contribution is 2.21. The molecule has 29 heavy (non-hydrogen) atoms. The monoisotopic (exact) mass is 437 g/mol. The minimum atomic E-state index is -0.624. The van der Waals surface area contributed by atoms with Gasteiger partial charge in [-0.3, -0.25) is 9.59 Å². The second-order valence-corrected chi connectivity index (χ2v) is 6.72. The normalized spacial score (nSPS) is 11.3. The van der Waals surface area contributed by atoms with E-state index >= 15 is 0 Å². The van der Waals surface area contributed by atoms with Crippen LogP contribution in [0.4, 0.5) is 5.69 Å². The number of amides is 2. The summed E-state index contributed by atoms with van der Waals surface area (Å²) in [5.74, 6) is 0.138. The molecule has 2 amide bonds. The molecule has 9 heteroatoms. The van der Waals surface area contributed by atoms with Crippen molar-refractivity contribution in [1.82, 2.24) is 15.3 Å². The fourth-order valence-corrected chi connectivity index (χ4v) is 2.59. The molecule has 0 aliphatic rings. The number of carbonyl (C=O) groups excluding carboxylic acids is 2. The summed E-state index contributed by atoms with van der Waals surface area (Å²) in [6, 6.07) is 14.5. The first-order chi connectivity index (χ1) is 12.9. The molecule has 156 valence electrons. The summed E-state index contributed by atoms with van der Waals surface area (Å²) >= 11 is 0. The summed E-state index contributed by atoms with van der Waals surface area (Å²) in [7, 11) is 0.